The Labute approximate surface area is 237 Å². The maximum Gasteiger partial charge on any atom is 0.332 e. The van der Waals surface area contributed by atoms with Crippen molar-refractivity contribution in [3.63, 3.8) is 0 Å². The van der Waals surface area contributed by atoms with Gasteiger partial charge in [0.2, 0.25) is 0 Å². The number of hydrogen-bond acceptors (Lipinski definition) is 3. The van der Waals surface area contributed by atoms with E-state index in [0.29, 0.717) is 17.0 Å². The number of hydrogen-bond donors (Lipinski definition) is 0. The van der Waals surface area contributed by atoms with E-state index in [-0.39, 0.29) is 5.82 Å². The molecule has 6 nitrogen and oxygen atoms in total. The molecular weight excluding hydrogens is 516 g/mol. The van der Waals surface area contributed by atoms with E-state index in [0.717, 1.165) is 32.6 Å². The van der Waals surface area contributed by atoms with Crippen LogP contribution in [0.15, 0.2) is 109 Å². The molecule has 0 amide bonds. The Balaban J connectivity index is 1.54. The normalized spacial score (nSPS) is 12.3. The fourth-order valence-electron chi connectivity index (χ4n) is 7.10. The van der Waals surface area contributed by atoms with Crippen LogP contribution in [0.4, 0.5) is 5.82 Å². The molecule has 0 aliphatic heterocycles. The van der Waals surface area contributed by atoms with Crippen molar-refractivity contribution in [2.75, 3.05) is 0 Å². The van der Waals surface area contributed by atoms with Crippen LogP contribution >= 0.6 is 0 Å². The highest BCUT2D eigenvalue weighted by Crippen LogP contribution is 2.47. The first-order valence-electron chi connectivity index (χ1n) is 13.8. The molecule has 0 unspecified atom stereocenters. The molecule has 0 spiro atoms. The molecule has 0 N–H and O–H groups in total. The lowest BCUT2D eigenvalue weighted by Crippen LogP contribution is -2.02. The minimum Gasteiger partial charge on any atom is -0.359 e. The summed E-state index contributed by atoms with van der Waals surface area (Å²) in [6.07, 6.45) is 1.68. The van der Waals surface area contributed by atoms with Gasteiger partial charge < -0.3 is 9.25 Å². The highest BCUT2D eigenvalue weighted by atomic mass is 15.2. The van der Waals surface area contributed by atoms with E-state index in [1.807, 2.05) is 12.1 Å². The van der Waals surface area contributed by atoms with Gasteiger partial charge in [0.1, 0.15) is 5.52 Å². The van der Waals surface area contributed by atoms with Gasteiger partial charge >= 0.3 is 11.8 Å². The molecule has 0 aliphatic rings. The molecule has 5 aromatic carbocycles. The summed E-state index contributed by atoms with van der Waals surface area (Å²) in [6.45, 7) is 7.92. The van der Waals surface area contributed by atoms with Crippen LogP contribution in [-0.4, -0.2) is 23.9 Å². The lowest BCUT2D eigenvalue weighted by molar-refractivity contribution is 1.02. The van der Waals surface area contributed by atoms with Crippen LogP contribution in [0.2, 0.25) is 0 Å². The van der Waals surface area contributed by atoms with E-state index in [1.165, 1.54) is 38.1 Å². The van der Waals surface area contributed by atoms with Crippen molar-refractivity contribution in [3.05, 3.63) is 121 Å². The second-order valence-electron chi connectivity index (χ2n) is 10.8. The van der Waals surface area contributed by atoms with E-state index in [9.17, 15) is 0 Å². The van der Waals surface area contributed by atoms with E-state index in [4.69, 9.17) is 16.5 Å². The van der Waals surface area contributed by atoms with Crippen LogP contribution in [0, 0.1) is 6.57 Å². The predicted octanol–water partition coefficient (Wildman–Crippen LogP) is 8.98. The molecule has 0 bridgehead atoms. The lowest BCUT2D eigenvalue weighted by atomic mass is 10.0. The number of rotatable bonds is 1. The van der Waals surface area contributed by atoms with Crippen LogP contribution in [-0.2, 0) is 0 Å². The molecule has 6 heteroatoms. The van der Waals surface area contributed by atoms with Crippen LogP contribution in [0.3, 0.4) is 0 Å². The first-order valence-corrected chi connectivity index (χ1v) is 13.8. The van der Waals surface area contributed by atoms with E-state index >= 15 is 0 Å². The fourth-order valence-corrected chi connectivity index (χ4v) is 7.10. The fraction of sp³-hybridized carbons (Fsp3) is 0. The molecule has 0 fully saturated rings. The lowest BCUT2D eigenvalue weighted by Gasteiger charge is -2.07. The zero-order chi connectivity index (χ0) is 27.5. The van der Waals surface area contributed by atoms with Gasteiger partial charge in [0.15, 0.2) is 0 Å². The molecule has 10 aromatic rings. The van der Waals surface area contributed by atoms with Crippen molar-refractivity contribution in [1.82, 2.24) is 23.9 Å². The number of pyridine rings is 1. The Kier molecular flexibility index (Phi) is 3.91. The van der Waals surface area contributed by atoms with Gasteiger partial charge in [-0.3, -0.25) is 9.55 Å². The summed E-state index contributed by atoms with van der Waals surface area (Å²) >= 11 is 0. The second-order valence-corrected chi connectivity index (χ2v) is 10.8. The second kappa shape index (κ2) is 7.57. The SMILES string of the molecule is [C-]#[N+]c1nc(-n2c3cc4c5ccccc5n5c6ccccc6c(c3c3ccc6ccccc6c32)c45)nc2cccnc12. The first-order chi connectivity index (χ1) is 20.8. The largest absolute Gasteiger partial charge is 0.359 e. The summed E-state index contributed by atoms with van der Waals surface area (Å²) in [7, 11) is 0. The van der Waals surface area contributed by atoms with Crippen molar-refractivity contribution in [3.8, 4) is 5.95 Å². The number of nitrogens with zero attached hydrogens (tertiary/aromatic N) is 6. The first kappa shape index (κ1) is 21.7. The Morgan fingerprint density at radius 2 is 1.36 bits per heavy atom. The molecule has 0 atom stereocenters. The summed E-state index contributed by atoms with van der Waals surface area (Å²) in [6, 6.07) is 36.2. The summed E-state index contributed by atoms with van der Waals surface area (Å²) in [5.41, 5.74) is 6.82. The molecule has 0 aliphatic carbocycles. The van der Waals surface area contributed by atoms with Crippen LogP contribution in [0.25, 0.3) is 92.5 Å². The average molecular weight is 535 g/mol. The zero-order valence-electron chi connectivity index (χ0n) is 22.1. The van der Waals surface area contributed by atoms with E-state index < -0.39 is 0 Å². The maximum absolute atomic E-state index is 7.92. The van der Waals surface area contributed by atoms with Gasteiger partial charge in [-0.05, 0) is 35.7 Å². The monoisotopic (exact) mass is 534 g/mol. The topological polar surface area (TPSA) is 52.4 Å². The van der Waals surface area contributed by atoms with Crippen molar-refractivity contribution in [2.45, 2.75) is 0 Å². The predicted molar refractivity (Wildman–Crippen MR) is 170 cm³/mol. The van der Waals surface area contributed by atoms with Gasteiger partial charge in [0, 0.05) is 43.9 Å². The highest BCUT2D eigenvalue weighted by molar-refractivity contribution is 6.37. The summed E-state index contributed by atoms with van der Waals surface area (Å²) < 4.78 is 4.57. The minimum absolute atomic E-state index is 0.249. The molecule has 0 saturated carbocycles. The van der Waals surface area contributed by atoms with Gasteiger partial charge in [-0.25, -0.2) is 0 Å². The van der Waals surface area contributed by atoms with Crippen LogP contribution in [0.5, 0.6) is 0 Å². The zero-order valence-corrected chi connectivity index (χ0v) is 22.1. The standard InChI is InChI=1S/C36H18N6/c1-37-35-32-26(13-8-18-38-32)39-36(40-35)42-29-19-25-22-11-4-6-14-27(22)41-28-15-7-5-12-23(28)31(34(25)41)30(29)24-17-16-20-9-2-3-10-21(20)33(24)42/h2-19H. The summed E-state index contributed by atoms with van der Waals surface area (Å²) in [5, 5.41) is 9.37. The molecule has 0 saturated heterocycles. The molecule has 192 valence electrons. The van der Waals surface area contributed by atoms with Gasteiger partial charge in [0.25, 0.3) is 0 Å². The van der Waals surface area contributed by atoms with Gasteiger partial charge in [0.05, 0.1) is 33.1 Å². The van der Waals surface area contributed by atoms with Gasteiger partial charge in [-0.15, -0.1) is 0 Å². The highest BCUT2D eigenvalue weighted by Gasteiger charge is 2.26. The molecule has 0 radical (unpaired) electrons. The molecule has 5 aromatic heterocycles. The van der Waals surface area contributed by atoms with Crippen molar-refractivity contribution in [1.29, 1.82) is 0 Å². The quantitative estimate of drug-likeness (QED) is 0.198. The summed E-state index contributed by atoms with van der Waals surface area (Å²) in [4.78, 5) is 18.1. The van der Waals surface area contributed by atoms with E-state index in [2.05, 4.69) is 110 Å². The third-order valence-electron chi connectivity index (χ3n) is 8.72. The van der Waals surface area contributed by atoms with Crippen molar-refractivity contribution < 1.29 is 0 Å². The summed E-state index contributed by atoms with van der Waals surface area (Å²) in [5.74, 6) is 0.720. The number of fused-ring (bicyclic) bond motifs is 13. The van der Waals surface area contributed by atoms with Crippen molar-refractivity contribution in [2.24, 2.45) is 0 Å². The van der Waals surface area contributed by atoms with Gasteiger partial charge in [-0.2, -0.15) is 4.98 Å². The number of benzene rings is 5. The molecule has 42 heavy (non-hydrogen) atoms. The van der Waals surface area contributed by atoms with Crippen LogP contribution in [0.1, 0.15) is 0 Å². The number of para-hydroxylation sites is 2. The molecule has 10 rings (SSSR count). The Hall–Kier alpha value is -6.06. The molecule has 5 heterocycles. The van der Waals surface area contributed by atoms with Crippen LogP contribution < -0.4 is 0 Å². The van der Waals surface area contributed by atoms with Gasteiger partial charge in [-0.1, -0.05) is 84.4 Å². The Morgan fingerprint density at radius 3 is 2.21 bits per heavy atom. The third-order valence-corrected chi connectivity index (χ3v) is 8.72. The Bertz CT molecular complexity index is 2810. The van der Waals surface area contributed by atoms with E-state index in [1.54, 1.807) is 6.20 Å². The Morgan fingerprint density at radius 1 is 0.595 bits per heavy atom. The molecular formula is C36H18N6. The smallest absolute Gasteiger partial charge is 0.332 e. The third kappa shape index (κ3) is 2.52. The average Bonchev–Trinajstić information content (AvgIpc) is 3.68. The number of aromatic nitrogens is 5. The minimum atomic E-state index is 0.249. The maximum atomic E-state index is 7.92. The van der Waals surface area contributed by atoms with Crippen molar-refractivity contribution >= 4 is 87.5 Å².